The molecule has 0 spiro atoms. The minimum Gasteiger partial charge on any atom is -0.468 e. The maximum absolute atomic E-state index is 12.5. The summed E-state index contributed by atoms with van der Waals surface area (Å²) in [6.07, 6.45) is 5.52. The van der Waals surface area contributed by atoms with Gasteiger partial charge < -0.3 is 9.73 Å². The number of hydrogen-bond donors (Lipinski definition) is 2. The summed E-state index contributed by atoms with van der Waals surface area (Å²) in [6.45, 7) is 4.53. The number of nitrogens with one attached hydrogen (secondary N) is 2. The summed E-state index contributed by atoms with van der Waals surface area (Å²) in [4.78, 5) is 0. The maximum Gasteiger partial charge on any atom is 0.280 e. The molecular formula is C14H25N3O3S. The Balaban J connectivity index is 1.94. The molecule has 1 fully saturated rings. The van der Waals surface area contributed by atoms with Gasteiger partial charge in [-0.05, 0) is 37.9 Å². The van der Waals surface area contributed by atoms with E-state index in [-0.39, 0.29) is 12.6 Å². The van der Waals surface area contributed by atoms with Crippen molar-refractivity contribution in [1.82, 2.24) is 14.3 Å². The fourth-order valence-corrected chi connectivity index (χ4v) is 4.03. The van der Waals surface area contributed by atoms with Crippen LogP contribution in [0.3, 0.4) is 0 Å². The minimum absolute atomic E-state index is 0.0411. The first-order chi connectivity index (χ1) is 10.1. The number of furan rings is 1. The number of piperidine rings is 1. The van der Waals surface area contributed by atoms with Gasteiger partial charge in [0.1, 0.15) is 5.76 Å². The van der Waals surface area contributed by atoms with Crippen LogP contribution in [0.25, 0.3) is 0 Å². The first-order valence-electron chi connectivity index (χ1n) is 7.63. The van der Waals surface area contributed by atoms with Gasteiger partial charge in [0.25, 0.3) is 10.2 Å². The van der Waals surface area contributed by atoms with Gasteiger partial charge in [-0.2, -0.15) is 17.4 Å². The van der Waals surface area contributed by atoms with Gasteiger partial charge in [-0.15, -0.1) is 0 Å². The standard InChI is InChI=1S/C14H25N3O3S/c1-2-8-15-11-13-6-3-4-9-17(13)21(18,19)16-12-14-7-5-10-20-14/h5,7,10,13,15-16H,2-4,6,8-9,11-12H2,1H3. The molecule has 2 rings (SSSR count). The lowest BCUT2D eigenvalue weighted by Crippen LogP contribution is -2.52. The van der Waals surface area contributed by atoms with E-state index in [1.807, 2.05) is 0 Å². The summed E-state index contributed by atoms with van der Waals surface area (Å²) in [5, 5.41) is 3.32. The van der Waals surface area contributed by atoms with E-state index < -0.39 is 10.2 Å². The average Bonchev–Trinajstić information content (AvgIpc) is 2.99. The van der Waals surface area contributed by atoms with E-state index in [9.17, 15) is 8.42 Å². The van der Waals surface area contributed by atoms with Crippen LogP contribution in [0, 0.1) is 0 Å². The first kappa shape index (κ1) is 16.5. The molecule has 1 aromatic rings. The van der Waals surface area contributed by atoms with Gasteiger partial charge in [-0.1, -0.05) is 13.3 Å². The third-order valence-electron chi connectivity index (χ3n) is 3.70. The molecule has 120 valence electrons. The van der Waals surface area contributed by atoms with Gasteiger partial charge >= 0.3 is 0 Å². The summed E-state index contributed by atoms with van der Waals surface area (Å²) < 4.78 is 34.3. The van der Waals surface area contributed by atoms with Crippen LogP contribution in [-0.4, -0.2) is 38.4 Å². The molecule has 21 heavy (non-hydrogen) atoms. The molecule has 2 N–H and O–H groups in total. The molecule has 1 aliphatic heterocycles. The van der Waals surface area contributed by atoms with E-state index in [2.05, 4.69) is 17.0 Å². The highest BCUT2D eigenvalue weighted by Crippen LogP contribution is 2.19. The molecule has 1 unspecified atom stereocenters. The summed E-state index contributed by atoms with van der Waals surface area (Å²) >= 11 is 0. The van der Waals surface area contributed by atoms with E-state index in [1.54, 1.807) is 22.7 Å². The second kappa shape index (κ2) is 7.93. The normalized spacial score (nSPS) is 20.7. The Morgan fingerprint density at radius 3 is 3.00 bits per heavy atom. The molecule has 0 radical (unpaired) electrons. The lowest BCUT2D eigenvalue weighted by Gasteiger charge is -2.34. The Morgan fingerprint density at radius 1 is 1.43 bits per heavy atom. The van der Waals surface area contributed by atoms with Crippen LogP contribution in [0.4, 0.5) is 0 Å². The Labute approximate surface area is 127 Å². The van der Waals surface area contributed by atoms with Crippen molar-refractivity contribution in [3.63, 3.8) is 0 Å². The predicted octanol–water partition coefficient (Wildman–Crippen LogP) is 1.47. The van der Waals surface area contributed by atoms with Gasteiger partial charge in [-0.3, -0.25) is 0 Å². The summed E-state index contributed by atoms with van der Waals surface area (Å²) in [7, 11) is -3.46. The molecule has 1 atom stereocenters. The molecule has 0 aromatic carbocycles. The topological polar surface area (TPSA) is 74.6 Å². The number of hydrogen-bond acceptors (Lipinski definition) is 4. The highest BCUT2D eigenvalue weighted by atomic mass is 32.2. The van der Waals surface area contributed by atoms with Crippen molar-refractivity contribution in [2.24, 2.45) is 0 Å². The van der Waals surface area contributed by atoms with Crippen LogP contribution in [0.1, 0.15) is 38.4 Å². The first-order valence-corrected chi connectivity index (χ1v) is 9.07. The molecule has 1 aromatic heterocycles. The highest BCUT2D eigenvalue weighted by Gasteiger charge is 2.31. The molecule has 0 bridgehead atoms. The molecule has 6 nitrogen and oxygen atoms in total. The zero-order chi connectivity index (χ0) is 15.1. The van der Waals surface area contributed by atoms with Gasteiger partial charge in [0, 0.05) is 19.1 Å². The van der Waals surface area contributed by atoms with Crippen molar-refractivity contribution in [1.29, 1.82) is 0 Å². The van der Waals surface area contributed by atoms with E-state index in [1.165, 1.54) is 0 Å². The monoisotopic (exact) mass is 315 g/mol. The van der Waals surface area contributed by atoms with Gasteiger partial charge in [0.15, 0.2) is 0 Å². The third kappa shape index (κ3) is 4.81. The largest absolute Gasteiger partial charge is 0.468 e. The van der Waals surface area contributed by atoms with E-state index in [0.717, 1.165) is 38.8 Å². The zero-order valence-electron chi connectivity index (χ0n) is 12.5. The lowest BCUT2D eigenvalue weighted by molar-refractivity contribution is 0.242. The fraction of sp³-hybridized carbons (Fsp3) is 0.714. The molecule has 2 heterocycles. The van der Waals surface area contributed by atoms with Crippen LogP contribution in [0.15, 0.2) is 22.8 Å². The van der Waals surface area contributed by atoms with Crippen molar-refractivity contribution in [3.8, 4) is 0 Å². The number of rotatable bonds is 8. The van der Waals surface area contributed by atoms with Crippen molar-refractivity contribution in [2.75, 3.05) is 19.6 Å². The molecule has 1 aliphatic rings. The van der Waals surface area contributed by atoms with Gasteiger partial charge in [0.2, 0.25) is 0 Å². The maximum atomic E-state index is 12.5. The molecule has 0 saturated carbocycles. The van der Waals surface area contributed by atoms with Crippen LogP contribution < -0.4 is 10.0 Å². The Morgan fingerprint density at radius 2 is 2.29 bits per heavy atom. The Kier molecular flexibility index (Phi) is 6.22. The van der Waals surface area contributed by atoms with Crippen molar-refractivity contribution in [3.05, 3.63) is 24.2 Å². The average molecular weight is 315 g/mol. The van der Waals surface area contributed by atoms with E-state index in [4.69, 9.17) is 4.42 Å². The van der Waals surface area contributed by atoms with Crippen molar-refractivity contribution < 1.29 is 12.8 Å². The Hall–Kier alpha value is -0.890. The second-order valence-electron chi connectivity index (χ2n) is 5.37. The van der Waals surface area contributed by atoms with Crippen LogP contribution in [0.2, 0.25) is 0 Å². The van der Waals surface area contributed by atoms with Gasteiger partial charge in [-0.25, -0.2) is 0 Å². The zero-order valence-corrected chi connectivity index (χ0v) is 13.4. The van der Waals surface area contributed by atoms with Crippen LogP contribution in [-0.2, 0) is 16.8 Å². The third-order valence-corrected chi connectivity index (χ3v) is 5.30. The van der Waals surface area contributed by atoms with Gasteiger partial charge in [0.05, 0.1) is 12.8 Å². The lowest BCUT2D eigenvalue weighted by atomic mass is 10.1. The Bertz CT molecular complexity index is 502. The minimum atomic E-state index is -3.46. The SMILES string of the molecule is CCCNCC1CCCCN1S(=O)(=O)NCc1ccco1. The van der Waals surface area contributed by atoms with Crippen molar-refractivity contribution >= 4 is 10.2 Å². The summed E-state index contributed by atoms with van der Waals surface area (Å²) in [6, 6.07) is 3.56. The van der Waals surface area contributed by atoms with E-state index in [0.29, 0.717) is 12.3 Å². The molecule has 0 amide bonds. The van der Waals surface area contributed by atoms with E-state index >= 15 is 0 Å². The van der Waals surface area contributed by atoms with Crippen molar-refractivity contribution in [2.45, 2.75) is 45.2 Å². The second-order valence-corrected chi connectivity index (χ2v) is 7.08. The highest BCUT2D eigenvalue weighted by molar-refractivity contribution is 7.87. The quantitative estimate of drug-likeness (QED) is 0.712. The summed E-state index contributed by atoms with van der Waals surface area (Å²) in [5.41, 5.74) is 0. The summed E-state index contributed by atoms with van der Waals surface area (Å²) in [5.74, 6) is 0.622. The molecule has 7 heteroatoms. The molecule has 1 saturated heterocycles. The fourth-order valence-electron chi connectivity index (χ4n) is 2.60. The number of nitrogens with zero attached hydrogens (tertiary/aromatic N) is 1. The molecule has 0 aliphatic carbocycles. The smallest absolute Gasteiger partial charge is 0.280 e. The van der Waals surface area contributed by atoms with Crippen LogP contribution >= 0.6 is 0 Å². The predicted molar refractivity (Wildman–Crippen MR) is 82.0 cm³/mol. The van der Waals surface area contributed by atoms with Crippen LogP contribution in [0.5, 0.6) is 0 Å². The molecular weight excluding hydrogens is 290 g/mol.